The van der Waals surface area contributed by atoms with Crippen molar-refractivity contribution in [3.63, 3.8) is 0 Å². The van der Waals surface area contributed by atoms with Crippen LogP contribution in [0.3, 0.4) is 0 Å². The zero-order valence-corrected chi connectivity index (χ0v) is 18.7. The zero-order valence-electron chi connectivity index (χ0n) is 18.7. The largest absolute Gasteiger partial charge is 0.504 e. The highest BCUT2D eigenvalue weighted by molar-refractivity contribution is 5.95. The van der Waals surface area contributed by atoms with Crippen LogP contribution in [0.5, 0.6) is 11.5 Å². The predicted octanol–water partition coefficient (Wildman–Crippen LogP) is 4.40. The second kappa shape index (κ2) is 10.5. The van der Waals surface area contributed by atoms with Crippen molar-refractivity contribution >= 4 is 16.6 Å². The highest BCUT2D eigenvalue weighted by atomic mass is 16.5. The van der Waals surface area contributed by atoms with E-state index in [4.69, 9.17) is 4.74 Å². The maximum atomic E-state index is 10.7. The van der Waals surface area contributed by atoms with Gasteiger partial charge in [-0.3, -0.25) is 4.98 Å². The van der Waals surface area contributed by atoms with Gasteiger partial charge in [-0.05, 0) is 62.4 Å². The summed E-state index contributed by atoms with van der Waals surface area (Å²) in [6.07, 6.45) is 11.4. The fraction of sp³-hybridized carbons (Fsp3) is 0.640. The SMILES string of the molecule is COc1ccc2ncc(O)c(NCCC3CCN(CCC4CCCCC4)CC3O)c2c1. The molecule has 1 saturated heterocycles. The van der Waals surface area contributed by atoms with Crippen LogP contribution in [0.2, 0.25) is 0 Å². The van der Waals surface area contributed by atoms with Gasteiger partial charge in [-0.2, -0.15) is 0 Å². The maximum Gasteiger partial charge on any atom is 0.157 e. The number of β-amino-alcohol motifs (C(OH)–C–C–N with tert-alkyl or cyclic N) is 1. The number of hydrogen-bond acceptors (Lipinski definition) is 6. The molecular weight excluding hydrogens is 390 g/mol. The molecule has 3 N–H and O–H groups in total. The van der Waals surface area contributed by atoms with E-state index in [1.54, 1.807) is 7.11 Å². The van der Waals surface area contributed by atoms with Crippen molar-refractivity contribution in [3.8, 4) is 11.5 Å². The molecule has 4 rings (SSSR count). The number of fused-ring (bicyclic) bond motifs is 1. The number of likely N-dealkylation sites (tertiary alicyclic amines) is 1. The number of nitrogens with one attached hydrogen (secondary N) is 1. The van der Waals surface area contributed by atoms with Gasteiger partial charge in [0.1, 0.15) is 5.75 Å². The van der Waals surface area contributed by atoms with E-state index >= 15 is 0 Å². The second-order valence-electron chi connectivity index (χ2n) is 9.33. The Kier molecular flexibility index (Phi) is 7.51. The lowest BCUT2D eigenvalue weighted by molar-refractivity contribution is 0.0173. The normalized spacial score (nSPS) is 23.2. The Morgan fingerprint density at radius 1 is 1.16 bits per heavy atom. The second-order valence-corrected chi connectivity index (χ2v) is 9.33. The number of benzene rings is 1. The van der Waals surface area contributed by atoms with Crippen LogP contribution in [0.25, 0.3) is 10.9 Å². The van der Waals surface area contributed by atoms with Gasteiger partial charge < -0.3 is 25.2 Å². The maximum absolute atomic E-state index is 10.7. The minimum atomic E-state index is -0.273. The van der Waals surface area contributed by atoms with E-state index < -0.39 is 0 Å². The van der Waals surface area contributed by atoms with Crippen molar-refractivity contribution in [3.05, 3.63) is 24.4 Å². The lowest BCUT2D eigenvalue weighted by Crippen LogP contribution is -2.44. The Hall–Kier alpha value is -2.05. The van der Waals surface area contributed by atoms with Crippen molar-refractivity contribution in [1.82, 2.24) is 9.88 Å². The average molecular weight is 428 g/mol. The minimum Gasteiger partial charge on any atom is -0.504 e. The van der Waals surface area contributed by atoms with Gasteiger partial charge in [0.25, 0.3) is 0 Å². The van der Waals surface area contributed by atoms with Gasteiger partial charge in [0.05, 0.1) is 30.6 Å². The van der Waals surface area contributed by atoms with Crippen molar-refractivity contribution in [2.75, 3.05) is 38.6 Å². The van der Waals surface area contributed by atoms with E-state index in [1.165, 1.54) is 44.7 Å². The first-order valence-corrected chi connectivity index (χ1v) is 11.9. The molecule has 0 radical (unpaired) electrons. The van der Waals surface area contributed by atoms with E-state index in [9.17, 15) is 10.2 Å². The Morgan fingerprint density at radius 3 is 2.77 bits per heavy atom. The molecular formula is C25H37N3O3. The number of rotatable bonds is 8. The van der Waals surface area contributed by atoms with Crippen LogP contribution in [-0.2, 0) is 0 Å². The number of piperidine rings is 1. The summed E-state index contributed by atoms with van der Waals surface area (Å²) in [7, 11) is 1.63. The third-order valence-corrected chi connectivity index (χ3v) is 7.26. The first-order valence-electron chi connectivity index (χ1n) is 11.9. The zero-order chi connectivity index (χ0) is 21.6. The molecule has 2 atom stereocenters. The Morgan fingerprint density at radius 2 is 2.00 bits per heavy atom. The minimum absolute atomic E-state index is 0.138. The summed E-state index contributed by atoms with van der Waals surface area (Å²) >= 11 is 0. The Bertz CT molecular complexity index is 853. The van der Waals surface area contributed by atoms with E-state index in [0.717, 1.165) is 55.0 Å². The Balaban J connectivity index is 1.27. The summed E-state index contributed by atoms with van der Waals surface area (Å²) in [5, 5.41) is 25.3. The van der Waals surface area contributed by atoms with Crippen LogP contribution in [0.1, 0.15) is 51.4 Å². The van der Waals surface area contributed by atoms with Crippen LogP contribution in [0.15, 0.2) is 24.4 Å². The number of aliphatic hydroxyl groups is 1. The van der Waals surface area contributed by atoms with Crippen molar-refractivity contribution in [2.45, 2.75) is 57.5 Å². The van der Waals surface area contributed by atoms with E-state index in [-0.39, 0.29) is 11.9 Å². The molecule has 2 aliphatic rings. The van der Waals surface area contributed by atoms with E-state index in [2.05, 4.69) is 15.2 Å². The fourth-order valence-corrected chi connectivity index (χ4v) is 5.28. The molecule has 1 saturated carbocycles. The molecule has 31 heavy (non-hydrogen) atoms. The number of nitrogens with zero attached hydrogens (tertiary/aromatic N) is 2. The summed E-state index contributed by atoms with van der Waals surface area (Å²) in [6.45, 7) is 3.70. The summed E-state index contributed by atoms with van der Waals surface area (Å²) in [5.74, 6) is 2.07. The van der Waals surface area contributed by atoms with Gasteiger partial charge in [-0.15, -0.1) is 0 Å². The summed E-state index contributed by atoms with van der Waals surface area (Å²) in [4.78, 5) is 6.75. The third-order valence-electron chi connectivity index (χ3n) is 7.26. The molecule has 2 aromatic rings. The van der Waals surface area contributed by atoms with Gasteiger partial charge in [-0.1, -0.05) is 32.1 Å². The standard InChI is InChI=1S/C25H37N3O3/c1-31-20-7-8-22-21(15-20)25(23(29)16-27-22)26-12-9-19-11-14-28(17-24(19)30)13-10-18-5-3-2-4-6-18/h7-8,15-16,18-19,24,29-30H,2-6,9-14,17H2,1H3,(H,26,27). The lowest BCUT2D eigenvalue weighted by atomic mass is 9.86. The summed E-state index contributed by atoms with van der Waals surface area (Å²) in [5.41, 5.74) is 1.50. The highest BCUT2D eigenvalue weighted by Crippen LogP contribution is 2.33. The summed E-state index contributed by atoms with van der Waals surface area (Å²) in [6, 6.07) is 5.66. The molecule has 1 aliphatic heterocycles. The number of aromatic hydroxyl groups is 1. The highest BCUT2D eigenvalue weighted by Gasteiger charge is 2.27. The van der Waals surface area contributed by atoms with Crippen molar-refractivity contribution in [1.29, 1.82) is 0 Å². The molecule has 1 aromatic heterocycles. The number of aromatic nitrogens is 1. The van der Waals surface area contributed by atoms with E-state index in [1.807, 2.05) is 18.2 Å². The number of anilines is 1. The van der Waals surface area contributed by atoms with Gasteiger partial charge >= 0.3 is 0 Å². The molecule has 0 bridgehead atoms. The summed E-state index contributed by atoms with van der Waals surface area (Å²) < 4.78 is 5.32. The predicted molar refractivity (Wildman–Crippen MR) is 125 cm³/mol. The van der Waals surface area contributed by atoms with Crippen LogP contribution in [-0.4, -0.2) is 59.5 Å². The first-order chi connectivity index (χ1) is 15.1. The molecule has 2 unspecified atom stereocenters. The molecule has 1 aromatic carbocycles. The lowest BCUT2D eigenvalue weighted by Gasteiger charge is -2.37. The van der Waals surface area contributed by atoms with Gasteiger partial charge in [0.15, 0.2) is 5.75 Å². The molecule has 6 nitrogen and oxygen atoms in total. The van der Waals surface area contributed by atoms with Crippen LogP contribution >= 0.6 is 0 Å². The molecule has 0 amide bonds. The van der Waals surface area contributed by atoms with Gasteiger partial charge in [0.2, 0.25) is 0 Å². The third kappa shape index (κ3) is 5.60. The molecule has 6 heteroatoms. The smallest absolute Gasteiger partial charge is 0.157 e. The number of pyridine rings is 1. The fourth-order valence-electron chi connectivity index (χ4n) is 5.28. The number of hydrogen-bond donors (Lipinski definition) is 3. The number of aliphatic hydroxyl groups excluding tert-OH is 1. The molecule has 170 valence electrons. The number of methoxy groups -OCH3 is 1. The average Bonchev–Trinajstić information content (AvgIpc) is 2.80. The van der Waals surface area contributed by atoms with Gasteiger partial charge in [-0.25, -0.2) is 0 Å². The molecule has 0 spiro atoms. The Labute approximate surface area is 185 Å². The monoisotopic (exact) mass is 427 g/mol. The molecule has 2 fully saturated rings. The van der Waals surface area contributed by atoms with Crippen LogP contribution < -0.4 is 10.1 Å². The van der Waals surface area contributed by atoms with Crippen LogP contribution in [0.4, 0.5) is 5.69 Å². The topological polar surface area (TPSA) is 77.9 Å². The quantitative estimate of drug-likeness (QED) is 0.579. The van der Waals surface area contributed by atoms with Gasteiger partial charge in [0, 0.05) is 18.5 Å². The van der Waals surface area contributed by atoms with Crippen molar-refractivity contribution < 1.29 is 14.9 Å². The van der Waals surface area contributed by atoms with E-state index in [0.29, 0.717) is 18.2 Å². The van der Waals surface area contributed by atoms with Crippen molar-refractivity contribution in [2.24, 2.45) is 11.8 Å². The molecule has 1 aliphatic carbocycles. The number of ether oxygens (including phenoxy) is 1. The van der Waals surface area contributed by atoms with Crippen LogP contribution in [0, 0.1) is 11.8 Å². The molecule has 2 heterocycles. The first kappa shape index (κ1) is 22.2.